The molecule has 1 aliphatic rings. The monoisotopic (exact) mass is 318 g/mol. The van der Waals surface area contributed by atoms with Crippen LogP contribution in [0, 0.1) is 13.8 Å². The molecule has 7 nitrogen and oxygen atoms in total. The molecule has 2 aromatic heterocycles. The molecule has 124 valence electrons. The number of H-pyrrole nitrogens is 1. The van der Waals surface area contributed by atoms with Gasteiger partial charge in [-0.05, 0) is 25.3 Å². The van der Waals surface area contributed by atoms with Crippen LogP contribution in [0.4, 0.5) is 0 Å². The highest BCUT2D eigenvalue weighted by atomic mass is 16.5. The molecule has 1 fully saturated rings. The SMILES string of the molecule is Cc1cn[nH]c1[C@@H]1COCCN1C(=O)c1c(C(C)C)noc1C. The molecule has 0 radical (unpaired) electrons. The third kappa shape index (κ3) is 2.76. The molecular weight excluding hydrogens is 296 g/mol. The zero-order chi connectivity index (χ0) is 16.6. The molecular formula is C16H22N4O3. The van der Waals surface area contributed by atoms with Gasteiger partial charge < -0.3 is 14.2 Å². The predicted octanol–water partition coefficient (Wildman–Crippen LogP) is 2.35. The van der Waals surface area contributed by atoms with Gasteiger partial charge in [0.1, 0.15) is 11.3 Å². The van der Waals surface area contributed by atoms with E-state index in [0.717, 1.165) is 11.3 Å². The summed E-state index contributed by atoms with van der Waals surface area (Å²) in [5, 5.41) is 11.1. The second kappa shape index (κ2) is 6.16. The average Bonchev–Trinajstić information content (AvgIpc) is 3.12. The summed E-state index contributed by atoms with van der Waals surface area (Å²) in [5.41, 5.74) is 3.21. The van der Waals surface area contributed by atoms with Crippen LogP contribution in [0.5, 0.6) is 0 Å². The number of aromatic amines is 1. The van der Waals surface area contributed by atoms with E-state index in [1.807, 2.05) is 25.7 Å². The van der Waals surface area contributed by atoms with Gasteiger partial charge in [-0.1, -0.05) is 19.0 Å². The van der Waals surface area contributed by atoms with Gasteiger partial charge in [-0.2, -0.15) is 5.10 Å². The highest BCUT2D eigenvalue weighted by Crippen LogP contribution is 2.30. The topological polar surface area (TPSA) is 84.2 Å². The van der Waals surface area contributed by atoms with Gasteiger partial charge in [0, 0.05) is 6.54 Å². The number of aromatic nitrogens is 3. The van der Waals surface area contributed by atoms with Crippen molar-refractivity contribution >= 4 is 5.91 Å². The largest absolute Gasteiger partial charge is 0.377 e. The Morgan fingerprint density at radius 1 is 1.43 bits per heavy atom. The number of rotatable bonds is 3. The third-order valence-electron chi connectivity index (χ3n) is 4.24. The maximum absolute atomic E-state index is 13.2. The Morgan fingerprint density at radius 3 is 2.87 bits per heavy atom. The van der Waals surface area contributed by atoms with Gasteiger partial charge in [-0.25, -0.2) is 0 Å². The van der Waals surface area contributed by atoms with E-state index in [0.29, 0.717) is 36.8 Å². The smallest absolute Gasteiger partial charge is 0.260 e. The highest BCUT2D eigenvalue weighted by molar-refractivity contribution is 5.96. The summed E-state index contributed by atoms with van der Waals surface area (Å²) >= 11 is 0. The van der Waals surface area contributed by atoms with Crippen LogP contribution in [0.25, 0.3) is 0 Å². The highest BCUT2D eigenvalue weighted by Gasteiger charge is 2.34. The Bertz CT molecular complexity index is 704. The van der Waals surface area contributed by atoms with Crippen LogP contribution in [0.2, 0.25) is 0 Å². The molecule has 0 spiro atoms. The molecule has 3 rings (SSSR count). The minimum absolute atomic E-state index is 0.0604. The molecule has 3 heterocycles. The van der Waals surface area contributed by atoms with E-state index in [1.165, 1.54) is 0 Å². The molecule has 0 unspecified atom stereocenters. The number of carbonyl (C=O) groups excluding carboxylic acids is 1. The first-order valence-corrected chi connectivity index (χ1v) is 7.85. The fourth-order valence-electron chi connectivity index (χ4n) is 2.97. The van der Waals surface area contributed by atoms with Gasteiger partial charge in [-0.15, -0.1) is 0 Å². The fourth-order valence-corrected chi connectivity index (χ4v) is 2.97. The van der Waals surface area contributed by atoms with Crippen molar-refractivity contribution in [3.63, 3.8) is 0 Å². The van der Waals surface area contributed by atoms with E-state index < -0.39 is 0 Å². The van der Waals surface area contributed by atoms with Crippen LogP contribution in [-0.4, -0.2) is 45.9 Å². The Hall–Kier alpha value is -2.15. The maximum Gasteiger partial charge on any atom is 0.260 e. The number of aryl methyl sites for hydroxylation is 2. The summed E-state index contributed by atoms with van der Waals surface area (Å²) in [6.07, 6.45) is 1.76. The van der Waals surface area contributed by atoms with Gasteiger partial charge in [-0.3, -0.25) is 9.89 Å². The molecule has 1 atom stereocenters. The summed E-state index contributed by atoms with van der Waals surface area (Å²) in [6, 6.07) is -0.173. The number of morpholine rings is 1. The zero-order valence-electron chi connectivity index (χ0n) is 13.9. The first kappa shape index (κ1) is 15.7. The number of hydrogen-bond acceptors (Lipinski definition) is 5. The van der Waals surface area contributed by atoms with E-state index in [4.69, 9.17) is 9.26 Å². The lowest BCUT2D eigenvalue weighted by Gasteiger charge is -2.35. The Morgan fingerprint density at radius 2 is 2.22 bits per heavy atom. The van der Waals surface area contributed by atoms with Crippen molar-refractivity contribution in [2.75, 3.05) is 19.8 Å². The van der Waals surface area contributed by atoms with E-state index in [9.17, 15) is 4.79 Å². The van der Waals surface area contributed by atoms with Gasteiger partial charge >= 0.3 is 0 Å². The number of carbonyl (C=O) groups is 1. The molecule has 1 amide bonds. The molecule has 0 bridgehead atoms. The molecule has 1 saturated heterocycles. The number of ether oxygens (including phenoxy) is 1. The number of amides is 1. The van der Waals surface area contributed by atoms with Crippen molar-refractivity contribution < 1.29 is 14.1 Å². The normalized spacial score (nSPS) is 18.7. The van der Waals surface area contributed by atoms with Crippen LogP contribution < -0.4 is 0 Å². The molecule has 1 aliphatic heterocycles. The van der Waals surface area contributed by atoms with E-state index in [-0.39, 0.29) is 17.9 Å². The second-order valence-electron chi connectivity index (χ2n) is 6.21. The molecule has 2 aromatic rings. The Labute approximate surface area is 135 Å². The van der Waals surface area contributed by atoms with Crippen molar-refractivity contribution in [3.8, 4) is 0 Å². The van der Waals surface area contributed by atoms with E-state index >= 15 is 0 Å². The maximum atomic E-state index is 13.2. The lowest BCUT2D eigenvalue weighted by Crippen LogP contribution is -2.44. The number of nitrogens with one attached hydrogen (secondary N) is 1. The van der Waals surface area contributed by atoms with Crippen LogP contribution in [0.15, 0.2) is 10.7 Å². The predicted molar refractivity (Wildman–Crippen MR) is 83.3 cm³/mol. The van der Waals surface area contributed by atoms with E-state index in [2.05, 4.69) is 15.4 Å². The molecule has 7 heteroatoms. The number of hydrogen-bond donors (Lipinski definition) is 1. The van der Waals surface area contributed by atoms with Crippen molar-refractivity contribution in [3.05, 3.63) is 34.5 Å². The van der Waals surface area contributed by atoms with Crippen LogP contribution >= 0.6 is 0 Å². The summed E-state index contributed by atoms with van der Waals surface area (Å²) in [7, 11) is 0. The van der Waals surface area contributed by atoms with Crippen molar-refractivity contribution in [1.82, 2.24) is 20.3 Å². The molecule has 0 saturated carbocycles. The zero-order valence-corrected chi connectivity index (χ0v) is 13.9. The third-order valence-corrected chi connectivity index (χ3v) is 4.24. The minimum atomic E-state index is -0.173. The summed E-state index contributed by atoms with van der Waals surface area (Å²) in [5.74, 6) is 0.625. The van der Waals surface area contributed by atoms with E-state index in [1.54, 1.807) is 13.1 Å². The van der Waals surface area contributed by atoms with Crippen molar-refractivity contribution in [2.45, 2.75) is 39.7 Å². The van der Waals surface area contributed by atoms with Gasteiger partial charge in [0.05, 0.1) is 36.8 Å². The molecule has 0 aromatic carbocycles. The molecule has 0 aliphatic carbocycles. The fraction of sp³-hybridized carbons (Fsp3) is 0.562. The summed E-state index contributed by atoms with van der Waals surface area (Å²) in [4.78, 5) is 15.0. The summed E-state index contributed by atoms with van der Waals surface area (Å²) < 4.78 is 10.9. The molecule has 23 heavy (non-hydrogen) atoms. The lowest BCUT2D eigenvalue weighted by atomic mass is 10.0. The second-order valence-corrected chi connectivity index (χ2v) is 6.21. The summed E-state index contributed by atoms with van der Waals surface area (Å²) in [6.45, 7) is 9.27. The van der Waals surface area contributed by atoms with Crippen LogP contribution in [-0.2, 0) is 4.74 Å². The standard InChI is InChI=1S/C16H22N4O3/c1-9(2)14-13(11(4)23-19-14)16(21)20-5-6-22-8-12(20)15-10(3)7-17-18-15/h7,9,12H,5-6,8H2,1-4H3,(H,17,18)/t12-/m0/s1. The van der Waals surface area contributed by atoms with Gasteiger partial charge in [0.2, 0.25) is 0 Å². The van der Waals surface area contributed by atoms with Crippen molar-refractivity contribution in [2.24, 2.45) is 0 Å². The van der Waals surface area contributed by atoms with Gasteiger partial charge in [0.25, 0.3) is 5.91 Å². The first-order valence-electron chi connectivity index (χ1n) is 7.85. The average molecular weight is 318 g/mol. The Kier molecular flexibility index (Phi) is 4.21. The Balaban J connectivity index is 1.97. The van der Waals surface area contributed by atoms with Crippen LogP contribution in [0.3, 0.4) is 0 Å². The van der Waals surface area contributed by atoms with Gasteiger partial charge in [0.15, 0.2) is 0 Å². The molecule has 1 N–H and O–H groups in total. The van der Waals surface area contributed by atoms with Crippen LogP contribution in [0.1, 0.15) is 58.9 Å². The lowest BCUT2D eigenvalue weighted by molar-refractivity contribution is -0.00423. The quantitative estimate of drug-likeness (QED) is 0.939. The first-order chi connectivity index (χ1) is 11.0. The van der Waals surface area contributed by atoms with Crippen molar-refractivity contribution in [1.29, 1.82) is 0 Å². The minimum Gasteiger partial charge on any atom is -0.377 e. The number of nitrogens with zero attached hydrogens (tertiary/aromatic N) is 3.